The van der Waals surface area contributed by atoms with Crippen LogP contribution in [0.25, 0.3) is 11.1 Å². The lowest BCUT2D eigenvalue weighted by Crippen LogP contribution is -2.44. The average Bonchev–Trinajstić information content (AvgIpc) is 3.09. The fraction of sp³-hybridized carbons (Fsp3) is 0.318. The lowest BCUT2D eigenvalue weighted by Gasteiger charge is -2.14. The molecule has 0 aromatic heterocycles. The highest BCUT2D eigenvalue weighted by Gasteiger charge is 2.28. The van der Waals surface area contributed by atoms with Gasteiger partial charge in [0.25, 0.3) is 0 Å². The fourth-order valence-corrected chi connectivity index (χ4v) is 4.12. The van der Waals surface area contributed by atoms with Crippen LogP contribution in [-0.4, -0.2) is 65.5 Å². The highest BCUT2D eigenvalue weighted by molar-refractivity contribution is 7.99. The third kappa shape index (κ3) is 5.77. The Morgan fingerprint density at radius 2 is 1.65 bits per heavy atom. The fourth-order valence-electron chi connectivity index (χ4n) is 3.46. The second-order valence-corrected chi connectivity index (χ2v) is 8.05. The highest BCUT2D eigenvalue weighted by atomic mass is 32.2. The molecule has 0 saturated carbocycles. The minimum absolute atomic E-state index is 0.00933. The van der Waals surface area contributed by atoms with Crippen molar-refractivity contribution in [2.45, 2.75) is 12.0 Å². The molecule has 2 aromatic carbocycles. The number of hydrogen-bond acceptors (Lipinski definition) is 6. The van der Waals surface area contributed by atoms with Gasteiger partial charge in [0.05, 0.1) is 12.4 Å². The van der Waals surface area contributed by atoms with E-state index < -0.39 is 30.6 Å². The van der Waals surface area contributed by atoms with Gasteiger partial charge in [-0.1, -0.05) is 48.5 Å². The SMILES string of the molecule is O=C(CSCCNC(=O)OCC1c2ccccc2-c2ccccc21)N[C@@H](CO)C(=O)O. The summed E-state index contributed by atoms with van der Waals surface area (Å²) in [7, 11) is 0. The van der Waals surface area contributed by atoms with Crippen LogP contribution in [-0.2, 0) is 14.3 Å². The molecule has 31 heavy (non-hydrogen) atoms. The van der Waals surface area contributed by atoms with Gasteiger partial charge in [-0.05, 0) is 22.3 Å². The Labute approximate surface area is 184 Å². The number of amides is 2. The van der Waals surface area contributed by atoms with Crippen molar-refractivity contribution in [2.75, 3.05) is 31.3 Å². The van der Waals surface area contributed by atoms with Gasteiger partial charge in [0.2, 0.25) is 5.91 Å². The average molecular weight is 445 g/mol. The summed E-state index contributed by atoms with van der Waals surface area (Å²) in [6.07, 6.45) is -0.530. The van der Waals surface area contributed by atoms with Gasteiger partial charge >= 0.3 is 12.1 Å². The minimum atomic E-state index is -1.31. The number of carbonyl (C=O) groups excluding carboxylic acids is 2. The van der Waals surface area contributed by atoms with Gasteiger partial charge in [-0.3, -0.25) is 4.79 Å². The first-order chi connectivity index (χ1) is 15.0. The highest BCUT2D eigenvalue weighted by Crippen LogP contribution is 2.44. The number of alkyl carbamates (subject to hydrolysis) is 1. The molecule has 0 bridgehead atoms. The van der Waals surface area contributed by atoms with Crippen molar-refractivity contribution in [3.8, 4) is 11.1 Å². The normalized spacial score (nSPS) is 13.1. The maximum absolute atomic E-state index is 12.1. The van der Waals surface area contributed by atoms with Crippen molar-refractivity contribution < 1.29 is 29.3 Å². The number of carbonyl (C=O) groups is 3. The van der Waals surface area contributed by atoms with Crippen LogP contribution >= 0.6 is 11.8 Å². The van der Waals surface area contributed by atoms with Crippen LogP contribution in [0.5, 0.6) is 0 Å². The second kappa shape index (κ2) is 10.8. The summed E-state index contributed by atoms with van der Waals surface area (Å²) in [5, 5.41) is 22.5. The maximum Gasteiger partial charge on any atom is 0.407 e. The standard InChI is InChI=1S/C22H24N2O6S/c25-11-19(21(27)28)24-20(26)13-31-10-9-23-22(29)30-12-18-16-7-3-1-5-14(16)15-6-2-4-8-17(15)18/h1-8,18-19,25H,9-13H2,(H,23,29)(H,24,26)(H,27,28)/t19-/m0/s1. The molecule has 0 heterocycles. The molecular weight excluding hydrogens is 420 g/mol. The van der Waals surface area contributed by atoms with Gasteiger partial charge in [-0.25, -0.2) is 9.59 Å². The van der Waals surface area contributed by atoms with Crippen molar-refractivity contribution in [1.82, 2.24) is 10.6 Å². The molecule has 0 radical (unpaired) electrons. The van der Waals surface area contributed by atoms with Crippen LogP contribution in [0.1, 0.15) is 17.0 Å². The number of hydrogen-bond donors (Lipinski definition) is 4. The second-order valence-electron chi connectivity index (χ2n) is 6.95. The first-order valence-corrected chi connectivity index (χ1v) is 11.0. The summed E-state index contributed by atoms with van der Waals surface area (Å²) in [4.78, 5) is 34.5. The molecule has 0 saturated heterocycles. The van der Waals surface area contributed by atoms with Crippen LogP contribution in [0.2, 0.25) is 0 Å². The number of aliphatic hydroxyl groups excluding tert-OH is 1. The van der Waals surface area contributed by atoms with Crippen molar-refractivity contribution in [3.05, 3.63) is 59.7 Å². The summed E-state index contributed by atoms with van der Waals surface area (Å²) in [6.45, 7) is -0.140. The van der Waals surface area contributed by atoms with Gasteiger partial charge in [0, 0.05) is 18.2 Å². The minimum Gasteiger partial charge on any atom is -0.480 e. The smallest absolute Gasteiger partial charge is 0.407 e. The molecule has 0 aliphatic heterocycles. The van der Waals surface area contributed by atoms with Gasteiger partial charge in [0.1, 0.15) is 12.6 Å². The van der Waals surface area contributed by atoms with Gasteiger partial charge in [0.15, 0.2) is 0 Å². The first-order valence-electron chi connectivity index (χ1n) is 9.81. The number of fused-ring (bicyclic) bond motifs is 3. The molecule has 2 aromatic rings. The van der Waals surface area contributed by atoms with Crippen LogP contribution in [0.3, 0.4) is 0 Å². The zero-order valence-corrected chi connectivity index (χ0v) is 17.6. The van der Waals surface area contributed by atoms with Gasteiger partial charge < -0.3 is 25.6 Å². The number of thioether (sulfide) groups is 1. The predicted octanol–water partition coefficient (Wildman–Crippen LogP) is 1.82. The Morgan fingerprint density at radius 3 is 2.23 bits per heavy atom. The van der Waals surface area contributed by atoms with Crippen molar-refractivity contribution in [3.63, 3.8) is 0 Å². The molecule has 0 fully saturated rings. The topological polar surface area (TPSA) is 125 Å². The van der Waals surface area contributed by atoms with Crippen LogP contribution in [0, 0.1) is 0 Å². The zero-order valence-electron chi connectivity index (χ0n) is 16.7. The molecule has 2 amide bonds. The molecule has 1 aliphatic rings. The molecule has 3 rings (SSSR count). The molecular formula is C22H24N2O6S. The summed E-state index contributed by atoms with van der Waals surface area (Å²) in [6, 6.07) is 14.9. The Morgan fingerprint density at radius 1 is 1.03 bits per heavy atom. The lowest BCUT2D eigenvalue weighted by molar-refractivity contribution is -0.142. The number of carboxylic acids is 1. The number of aliphatic carboxylic acids is 1. The van der Waals surface area contributed by atoms with Crippen molar-refractivity contribution >= 4 is 29.7 Å². The van der Waals surface area contributed by atoms with Crippen molar-refractivity contribution in [1.29, 1.82) is 0 Å². The van der Waals surface area contributed by atoms with E-state index in [1.807, 2.05) is 24.3 Å². The molecule has 4 N–H and O–H groups in total. The van der Waals surface area contributed by atoms with E-state index in [2.05, 4.69) is 34.9 Å². The molecule has 1 atom stereocenters. The number of ether oxygens (including phenoxy) is 1. The van der Waals surface area contributed by atoms with E-state index in [0.717, 1.165) is 22.3 Å². The number of nitrogens with one attached hydrogen (secondary N) is 2. The third-order valence-electron chi connectivity index (χ3n) is 4.91. The van der Waals surface area contributed by atoms with E-state index in [0.29, 0.717) is 12.3 Å². The molecule has 1 aliphatic carbocycles. The van der Waals surface area contributed by atoms with E-state index in [9.17, 15) is 14.4 Å². The predicted molar refractivity (Wildman–Crippen MR) is 117 cm³/mol. The molecule has 8 nitrogen and oxygen atoms in total. The summed E-state index contributed by atoms with van der Waals surface area (Å²) >= 11 is 1.24. The quantitative estimate of drug-likeness (QED) is 0.412. The summed E-state index contributed by atoms with van der Waals surface area (Å²) in [5.41, 5.74) is 4.60. The maximum atomic E-state index is 12.1. The number of benzene rings is 2. The third-order valence-corrected chi connectivity index (χ3v) is 5.87. The molecule has 164 valence electrons. The van der Waals surface area contributed by atoms with Crippen molar-refractivity contribution in [2.24, 2.45) is 0 Å². The van der Waals surface area contributed by atoms with Crippen LogP contribution in [0.4, 0.5) is 4.79 Å². The Bertz CT molecular complexity index is 906. The Balaban J connectivity index is 1.39. The number of carboxylic acid groups (broad SMARTS) is 1. The van der Waals surface area contributed by atoms with E-state index in [-0.39, 0.29) is 18.3 Å². The van der Waals surface area contributed by atoms with E-state index in [4.69, 9.17) is 14.9 Å². The van der Waals surface area contributed by atoms with E-state index >= 15 is 0 Å². The summed E-state index contributed by atoms with van der Waals surface area (Å²) < 4.78 is 5.43. The first kappa shape index (κ1) is 22.6. The largest absolute Gasteiger partial charge is 0.480 e. The van der Waals surface area contributed by atoms with Crippen LogP contribution in [0.15, 0.2) is 48.5 Å². The van der Waals surface area contributed by atoms with Gasteiger partial charge in [-0.15, -0.1) is 0 Å². The Hall–Kier alpha value is -3.04. The van der Waals surface area contributed by atoms with E-state index in [1.54, 1.807) is 0 Å². The summed E-state index contributed by atoms with van der Waals surface area (Å²) in [5.74, 6) is -1.32. The monoisotopic (exact) mass is 444 g/mol. The molecule has 9 heteroatoms. The molecule has 0 spiro atoms. The van der Waals surface area contributed by atoms with Crippen LogP contribution < -0.4 is 10.6 Å². The van der Waals surface area contributed by atoms with E-state index in [1.165, 1.54) is 11.8 Å². The number of aliphatic hydroxyl groups is 1. The molecule has 0 unspecified atom stereocenters. The number of rotatable bonds is 10. The van der Waals surface area contributed by atoms with Gasteiger partial charge in [-0.2, -0.15) is 11.8 Å². The lowest BCUT2D eigenvalue weighted by atomic mass is 9.98. The Kier molecular flexibility index (Phi) is 7.91. The zero-order chi connectivity index (χ0) is 22.2.